The van der Waals surface area contributed by atoms with Crippen molar-refractivity contribution >= 4 is 38.8 Å². The summed E-state index contributed by atoms with van der Waals surface area (Å²) in [4.78, 5) is 34.5. The number of rotatable bonds is 10. The second kappa shape index (κ2) is 14.7. The van der Waals surface area contributed by atoms with E-state index in [-0.39, 0.29) is 24.1 Å². The van der Waals surface area contributed by atoms with E-state index in [0.29, 0.717) is 37.9 Å². The SMILES string of the molecule is CC(C)(C)OC(=O)N1CCC(NCCN(CCC(c2ccccc2)c2ccccc2)C(=O)Nc2nc3ccccc3s2)CC1. The first-order valence-corrected chi connectivity index (χ1v) is 16.3. The summed E-state index contributed by atoms with van der Waals surface area (Å²) in [6.45, 7) is 8.78. The highest BCUT2D eigenvalue weighted by atomic mass is 32.1. The molecule has 5 rings (SSSR count). The summed E-state index contributed by atoms with van der Waals surface area (Å²) < 4.78 is 6.58. The van der Waals surface area contributed by atoms with Crippen LogP contribution in [0.3, 0.4) is 0 Å². The Bertz CT molecular complexity index is 1420. The average molecular weight is 614 g/mol. The maximum absolute atomic E-state index is 13.7. The van der Waals surface area contributed by atoms with Crippen molar-refractivity contribution in [1.82, 2.24) is 20.1 Å². The van der Waals surface area contributed by atoms with E-state index in [4.69, 9.17) is 4.74 Å². The summed E-state index contributed by atoms with van der Waals surface area (Å²) in [7, 11) is 0. The predicted molar refractivity (Wildman–Crippen MR) is 178 cm³/mol. The predicted octanol–water partition coefficient (Wildman–Crippen LogP) is 7.34. The lowest BCUT2D eigenvalue weighted by Crippen LogP contribution is -2.48. The quantitative estimate of drug-likeness (QED) is 0.195. The van der Waals surface area contributed by atoms with Crippen molar-refractivity contribution in [3.63, 3.8) is 0 Å². The molecule has 1 aliphatic heterocycles. The monoisotopic (exact) mass is 613 g/mol. The minimum absolute atomic E-state index is 0.148. The molecule has 0 atom stereocenters. The van der Waals surface area contributed by atoms with Crippen LogP contribution in [-0.2, 0) is 4.74 Å². The first-order valence-electron chi connectivity index (χ1n) is 15.5. The molecule has 44 heavy (non-hydrogen) atoms. The van der Waals surface area contributed by atoms with Gasteiger partial charge in [0.2, 0.25) is 0 Å². The Morgan fingerprint density at radius 1 is 0.932 bits per heavy atom. The first-order chi connectivity index (χ1) is 21.2. The van der Waals surface area contributed by atoms with Crippen LogP contribution in [0.1, 0.15) is 57.1 Å². The Morgan fingerprint density at radius 2 is 1.55 bits per heavy atom. The summed E-state index contributed by atoms with van der Waals surface area (Å²) in [5.74, 6) is 0.167. The molecule has 0 radical (unpaired) electrons. The zero-order valence-corrected chi connectivity index (χ0v) is 26.7. The maximum Gasteiger partial charge on any atom is 0.410 e. The van der Waals surface area contributed by atoms with Crippen molar-refractivity contribution in [2.24, 2.45) is 0 Å². The minimum Gasteiger partial charge on any atom is -0.444 e. The van der Waals surface area contributed by atoms with E-state index in [1.165, 1.54) is 22.5 Å². The van der Waals surface area contributed by atoms with Gasteiger partial charge in [0.25, 0.3) is 0 Å². The lowest BCUT2D eigenvalue weighted by Gasteiger charge is -2.34. The third-order valence-electron chi connectivity index (χ3n) is 7.85. The highest BCUT2D eigenvalue weighted by Gasteiger charge is 2.27. The lowest BCUT2D eigenvalue weighted by molar-refractivity contribution is 0.0198. The van der Waals surface area contributed by atoms with Crippen molar-refractivity contribution < 1.29 is 14.3 Å². The number of thiazole rings is 1. The number of aromatic nitrogens is 1. The number of nitrogens with one attached hydrogen (secondary N) is 2. The van der Waals surface area contributed by atoms with Crippen LogP contribution in [-0.4, -0.2) is 71.3 Å². The number of likely N-dealkylation sites (tertiary alicyclic amines) is 1. The Kier molecular flexibility index (Phi) is 10.5. The zero-order valence-electron chi connectivity index (χ0n) is 25.9. The third-order valence-corrected chi connectivity index (χ3v) is 8.80. The molecule has 2 N–H and O–H groups in total. The molecule has 3 amide bonds. The number of anilines is 1. The number of urea groups is 1. The number of carbonyl (C=O) groups excluding carboxylic acids is 2. The Balaban J connectivity index is 1.23. The molecular formula is C35H43N5O3S. The molecule has 8 nitrogen and oxygen atoms in total. The van der Waals surface area contributed by atoms with Crippen LogP contribution in [0.2, 0.25) is 0 Å². The summed E-state index contributed by atoms with van der Waals surface area (Å²) >= 11 is 1.49. The van der Waals surface area contributed by atoms with Crippen LogP contribution in [0.15, 0.2) is 84.9 Å². The molecule has 232 valence electrons. The highest BCUT2D eigenvalue weighted by Crippen LogP contribution is 2.29. The van der Waals surface area contributed by atoms with Gasteiger partial charge in [0, 0.05) is 44.7 Å². The molecule has 1 saturated heterocycles. The number of ether oxygens (including phenoxy) is 1. The fraction of sp³-hybridized carbons (Fsp3) is 0.400. The van der Waals surface area contributed by atoms with Crippen LogP contribution in [0.25, 0.3) is 10.2 Å². The maximum atomic E-state index is 13.7. The van der Waals surface area contributed by atoms with E-state index in [1.54, 1.807) is 4.90 Å². The zero-order chi connectivity index (χ0) is 30.9. The van der Waals surface area contributed by atoms with E-state index in [1.807, 2.05) is 62.1 Å². The molecule has 0 spiro atoms. The number of benzene rings is 3. The summed E-state index contributed by atoms with van der Waals surface area (Å²) in [5, 5.41) is 7.31. The van der Waals surface area contributed by atoms with Gasteiger partial charge in [-0.3, -0.25) is 5.32 Å². The van der Waals surface area contributed by atoms with Crippen LogP contribution < -0.4 is 10.6 Å². The van der Waals surface area contributed by atoms with Gasteiger partial charge in [0.15, 0.2) is 5.13 Å². The van der Waals surface area contributed by atoms with Gasteiger partial charge in [-0.25, -0.2) is 14.6 Å². The molecule has 0 aliphatic carbocycles. The number of nitrogens with zero attached hydrogens (tertiary/aromatic N) is 3. The third kappa shape index (κ3) is 8.80. The Hall–Kier alpha value is -3.95. The van der Waals surface area contributed by atoms with Crippen LogP contribution >= 0.6 is 11.3 Å². The van der Waals surface area contributed by atoms with Crippen molar-refractivity contribution in [3.05, 3.63) is 96.1 Å². The number of hydrogen-bond acceptors (Lipinski definition) is 6. The molecule has 3 aromatic carbocycles. The summed E-state index contributed by atoms with van der Waals surface area (Å²) in [6, 6.07) is 29.0. The normalized spacial score (nSPS) is 14.1. The second-order valence-corrected chi connectivity index (χ2v) is 13.3. The molecule has 0 unspecified atom stereocenters. The topological polar surface area (TPSA) is 86.8 Å². The standard InChI is InChI=1S/C35H43N5O3S/c1-35(2,3)43-34(42)40-22-18-28(19-23-40)36-21-25-39(33(41)38-32-37-30-16-10-11-17-31(30)44-32)24-20-29(26-12-6-4-7-13-26)27-14-8-5-9-15-27/h4-17,28-29,36H,18-25H2,1-3H3,(H,37,38,41). The molecular weight excluding hydrogens is 570 g/mol. The van der Waals surface area contributed by atoms with Gasteiger partial charge in [-0.2, -0.15) is 0 Å². The lowest BCUT2D eigenvalue weighted by atomic mass is 9.88. The van der Waals surface area contributed by atoms with Crippen LogP contribution in [0.4, 0.5) is 14.7 Å². The molecule has 1 aromatic heterocycles. The molecule has 4 aromatic rings. The fourth-order valence-corrected chi connectivity index (χ4v) is 6.44. The number of fused-ring (bicyclic) bond motifs is 1. The number of piperidine rings is 1. The number of amides is 3. The largest absolute Gasteiger partial charge is 0.444 e. The van der Waals surface area contributed by atoms with Crippen molar-refractivity contribution in [2.45, 2.75) is 57.6 Å². The average Bonchev–Trinajstić information content (AvgIpc) is 3.43. The van der Waals surface area contributed by atoms with Crippen molar-refractivity contribution in [1.29, 1.82) is 0 Å². The molecule has 2 heterocycles. The first kappa shape index (κ1) is 31.5. The van der Waals surface area contributed by atoms with Gasteiger partial charge in [0.1, 0.15) is 5.60 Å². The van der Waals surface area contributed by atoms with Gasteiger partial charge in [-0.05, 0) is 63.3 Å². The number of para-hydroxylation sites is 1. The summed E-state index contributed by atoms with van der Waals surface area (Å²) in [5.41, 5.74) is 2.86. The van der Waals surface area contributed by atoms with E-state index in [0.717, 1.165) is 29.5 Å². The van der Waals surface area contributed by atoms with Gasteiger partial charge in [0.05, 0.1) is 10.2 Å². The van der Waals surface area contributed by atoms with Crippen LogP contribution in [0.5, 0.6) is 0 Å². The second-order valence-electron chi connectivity index (χ2n) is 12.3. The Morgan fingerprint density at radius 3 is 2.16 bits per heavy atom. The van der Waals surface area contributed by atoms with Crippen molar-refractivity contribution in [2.75, 3.05) is 38.0 Å². The number of carbonyl (C=O) groups is 2. The van der Waals surface area contributed by atoms with Gasteiger partial charge in [-0.15, -0.1) is 0 Å². The van der Waals surface area contributed by atoms with Crippen LogP contribution in [0, 0.1) is 0 Å². The van der Waals surface area contributed by atoms with E-state index in [2.05, 4.69) is 64.1 Å². The molecule has 0 saturated carbocycles. The van der Waals surface area contributed by atoms with Gasteiger partial charge < -0.3 is 19.9 Å². The summed E-state index contributed by atoms with van der Waals surface area (Å²) in [6.07, 6.45) is 2.23. The number of hydrogen-bond donors (Lipinski definition) is 2. The molecule has 0 bridgehead atoms. The molecule has 9 heteroatoms. The minimum atomic E-state index is -0.498. The molecule has 1 fully saturated rings. The molecule has 1 aliphatic rings. The van der Waals surface area contributed by atoms with E-state index >= 15 is 0 Å². The smallest absolute Gasteiger partial charge is 0.410 e. The van der Waals surface area contributed by atoms with E-state index < -0.39 is 5.60 Å². The van der Waals surface area contributed by atoms with Crippen molar-refractivity contribution in [3.8, 4) is 0 Å². The fourth-order valence-electron chi connectivity index (χ4n) is 5.59. The van der Waals surface area contributed by atoms with Gasteiger partial charge in [-0.1, -0.05) is 84.1 Å². The van der Waals surface area contributed by atoms with E-state index in [9.17, 15) is 9.59 Å². The Labute approximate surface area is 264 Å². The van der Waals surface area contributed by atoms with Gasteiger partial charge >= 0.3 is 12.1 Å². The highest BCUT2D eigenvalue weighted by molar-refractivity contribution is 7.22.